The lowest BCUT2D eigenvalue weighted by molar-refractivity contribution is -0.334. The number of hydrogen-bond donors (Lipinski definition) is 1. The smallest absolute Gasteiger partial charge is 0.341 e. The van der Waals surface area contributed by atoms with Crippen molar-refractivity contribution in [3.63, 3.8) is 0 Å². The Bertz CT molecular complexity index is 432. The zero-order chi connectivity index (χ0) is 13.1. The van der Waals surface area contributed by atoms with Crippen LogP contribution in [0.1, 0.15) is 30.9 Å². The minimum atomic E-state index is -0.244. The fourth-order valence-corrected chi connectivity index (χ4v) is 2.48. The number of hydrogen-bond acceptors (Lipinski definition) is 5. The van der Waals surface area contributed by atoms with Crippen LogP contribution in [-0.4, -0.2) is 30.3 Å². The van der Waals surface area contributed by atoms with Crippen LogP contribution < -0.4 is 5.32 Å². The van der Waals surface area contributed by atoms with Gasteiger partial charge in [-0.1, -0.05) is 30.3 Å². The van der Waals surface area contributed by atoms with Crippen molar-refractivity contribution >= 4 is 5.97 Å². The summed E-state index contributed by atoms with van der Waals surface area (Å²) in [4.78, 5) is 22.7. The standard InChI is InChI=1S/C14H18N2O3/c17-14(12-7-4-9-15-12)19-16-10-8-13(18-16)11-5-2-1-3-6-11/h1-3,5-6,12-13,15H,4,7-10H2/t12-,13?/m0/s1. The third-order valence-corrected chi connectivity index (χ3v) is 3.53. The molecular formula is C14H18N2O3. The van der Waals surface area contributed by atoms with Gasteiger partial charge in [0.2, 0.25) is 0 Å². The molecule has 2 atom stereocenters. The highest BCUT2D eigenvalue weighted by Crippen LogP contribution is 2.28. The van der Waals surface area contributed by atoms with Crippen LogP contribution in [0.4, 0.5) is 0 Å². The quantitative estimate of drug-likeness (QED) is 0.896. The van der Waals surface area contributed by atoms with E-state index in [4.69, 9.17) is 9.68 Å². The van der Waals surface area contributed by atoms with Gasteiger partial charge in [-0.25, -0.2) is 4.79 Å². The van der Waals surface area contributed by atoms with Crippen molar-refractivity contribution in [1.82, 2.24) is 10.5 Å². The molecule has 2 aliphatic rings. The third kappa shape index (κ3) is 2.94. The first-order valence-electron chi connectivity index (χ1n) is 6.77. The van der Waals surface area contributed by atoms with Gasteiger partial charge in [0.15, 0.2) is 0 Å². The number of nitrogens with zero attached hydrogens (tertiary/aromatic N) is 1. The molecule has 0 radical (unpaired) electrons. The van der Waals surface area contributed by atoms with Crippen LogP contribution in [0.25, 0.3) is 0 Å². The van der Waals surface area contributed by atoms with Crippen molar-refractivity contribution in [2.24, 2.45) is 0 Å². The summed E-state index contributed by atoms with van der Waals surface area (Å²) in [6.07, 6.45) is 2.67. The lowest BCUT2D eigenvalue weighted by atomic mass is 10.1. The number of rotatable bonds is 3. The van der Waals surface area contributed by atoms with E-state index in [2.05, 4.69) is 5.32 Å². The van der Waals surface area contributed by atoms with Crippen LogP contribution in [0.5, 0.6) is 0 Å². The molecule has 2 saturated heterocycles. The van der Waals surface area contributed by atoms with Crippen LogP contribution in [0.2, 0.25) is 0 Å². The maximum Gasteiger partial charge on any atom is 0.344 e. The van der Waals surface area contributed by atoms with Gasteiger partial charge in [0.05, 0.1) is 6.54 Å². The first-order chi connectivity index (χ1) is 9.33. The van der Waals surface area contributed by atoms with Crippen molar-refractivity contribution in [2.45, 2.75) is 31.4 Å². The molecule has 5 nitrogen and oxygen atoms in total. The Morgan fingerprint density at radius 1 is 1.32 bits per heavy atom. The van der Waals surface area contributed by atoms with Crippen LogP contribution >= 0.6 is 0 Å². The second kappa shape index (κ2) is 5.69. The van der Waals surface area contributed by atoms with E-state index in [-0.39, 0.29) is 18.1 Å². The average Bonchev–Trinajstić information content (AvgIpc) is 3.11. The van der Waals surface area contributed by atoms with E-state index >= 15 is 0 Å². The van der Waals surface area contributed by atoms with Crippen LogP contribution in [-0.2, 0) is 14.5 Å². The summed E-state index contributed by atoms with van der Waals surface area (Å²) in [7, 11) is 0. The lowest BCUT2D eigenvalue weighted by Gasteiger charge is -2.17. The second-order valence-electron chi connectivity index (χ2n) is 4.91. The Hall–Kier alpha value is -1.43. The molecule has 1 N–H and O–H groups in total. The summed E-state index contributed by atoms with van der Waals surface area (Å²) in [6, 6.07) is 9.80. The predicted molar refractivity (Wildman–Crippen MR) is 68.7 cm³/mol. The molecule has 1 unspecified atom stereocenters. The van der Waals surface area contributed by atoms with Crippen molar-refractivity contribution in [2.75, 3.05) is 13.1 Å². The van der Waals surface area contributed by atoms with Crippen LogP contribution in [0, 0.1) is 0 Å². The molecule has 3 rings (SSSR count). The molecule has 0 aromatic heterocycles. The number of nitrogens with one attached hydrogen (secondary N) is 1. The van der Waals surface area contributed by atoms with E-state index < -0.39 is 0 Å². The van der Waals surface area contributed by atoms with Gasteiger partial charge in [-0.15, -0.1) is 0 Å². The summed E-state index contributed by atoms with van der Waals surface area (Å²) >= 11 is 0. The third-order valence-electron chi connectivity index (χ3n) is 3.53. The highest BCUT2D eigenvalue weighted by molar-refractivity contribution is 5.75. The largest absolute Gasteiger partial charge is 0.344 e. The van der Waals surface area contributed by atoms with Crippen molar-refractivity contribution in [3.8, 4) is 0 Å². The Balaban J connectivity index is 1.53. The van der Waals surface area contributed by atoms with E-state index in [1.54, 1.807) is 0 Å². The van der Waals surface area contributed by atoms with Crippen LogP contribution in [0.3, 0.4) is 0 Å². The molecular weight excluding hydrogens is 244 g/mol. The molecule has 5 heteroatoms. The van der Waals surface area contributed by atoms with E-state index in [1.165, 1.54) is 5.23 Å². The average molecular weight is 262 g/mol. The predicted octanol–water partition coefficient (Wildman–Crippen LogP) is 1.58. The maximum absolute atomic E-state index is 11.8. The number of hydroxylamine groups is 2. The van der Waals surface area contributed by atoms with Gasteiger partial charge in [-0.2, -0.15) is 0 Å². The number of carbonyl (C=O) groups is 1. The minimum absolute atomic E-state index is 0.0227. The number of carbonyl (C=O) groups excluding carboxylic acids is 1. The zero-order valence-electron chi connectivity index (χ0n) is 10.7. The lowest BCUT2D eigenvalue weighted by Crippen LogP contribution is -2.36. The Kier molecular flexibility index (Phi) is 3.77. The number of benzene rings is 1. The van der Waals surface area contributed by atoms with E-state index in [1.807, 2.05) is 30.3 Å². The molecule has 0 aliphatic carbocycles. The van der Waals surface area contributed by atoms with E-state index in [0.717, 1.165) is 31.4 Å². The summed E-state index contributed by atoms with van der Waals surface area (Å²) in [5, 5.41) is 4.44. The molecule has 1 aromatic rings. The monoisotopic (exact) mass is 262 g/mol. The molecule has 0 saturated carbocycles. The molecule has 0 bridgehead atoms. The van der Waals surface area contributed by atoms with Gasteiger partial charge in [0, 0.05) is 0 Å². The maximum atomic E-state index is 11.8. The van der Waals surface area contributed by atoms with Crippen LogP contribution in [0.15, 0.2) is 30.3 Å². The molecule has 102 valence electrons. The highest BCUT2D eigenvalue weighted by Gasteiger charge is 2.31. The molecule has 0 amide bonds. The first kappa shape index (κ1) is 12.6. The Labute approximate surface area is 112 Å². The molecule has 1 aromatic carbocycles. The van der Waals surface area contributed by atoms with Crippen molar-refractivity contribution in [3.05, 3.63) is 35.9 Å². The Morgan fingerprint density at radius 3 is 2.89 bits per heavy atom. The van der Waals surface area contributed by atoms with Gasteiger partial charge in [-0.05, 0) is 36.6 Å². The SMILES string of the molecule is O=C(ON1CCC(c2ccccc2)O1)[C@@H]1CCCN1. The zero-order valence-corrected chi connectivity index (χ0v) is 10.7. The minimum Gasteiger partial charge on any atom is -0.341 e. The summed E-state index contributed by atoms with van der Waals surface area (Å²) in [5.41, 5.74) is 1.11. The summed E-state index contributed by atoms with van der Waals surface area (Å²) in [6.45, 7) is 1.49. The molecule has 2 aliphatic heterocycles. The van der Waals surface area contributed by atoms with Gasteiger partial charge in [0.1, 0.15) is 12.1 Å². The summed E-state index contributed by atoms with van der Waals surface area (Å²) < 4.78 is 0. The topological polar surface area (TPSA) is 50.8 Å². The van der Waals surface area contributed by atoms with Gasteiger partial charge in [0.25, 0.3) is 0 Å². The molecule has 0 spiro atoms. The van der Waals surface area contributed by atoms with Gasteiger partial charge in [-0.3, -0.25) is 4.84 Å². The normalized spacial score (nSPS) is 27.6. The molecule has 2 fully saturated rings. The second-order valence-corrected chi connectivity index (χ2v) is 4.91. The fourth-order valence-electron chi connectivity index (χ4n) is 2.48. The van der Waals surface area contributed by atoms with Crippen molar-refractivity contribution in [1.29, 1.82) is 0 Å². The van der Waals surface area contributed by atoms with E-state index in [9.17, 15) is 4.79 Å². The fraction of sp³-hybridized carbons (Fsp3) is 0.500. The molecule has 2 heterocycles. The Morgan fingerprint density at radius 2 is 2.16 bits per heavy atom. The van der Waals surface area contributed by atoms with Crippen molar-refractivity contribution < 1.29 is 14.5 Å². The van der Waals surface area contributed by atoms with Gasteiger partial charge < -0.3 is 10.2 Å². The highest BCUT2D eigenvalue weighted by atomic mass is 17.0. The summed E-state index contributed by atoms with van der Waals surface area (Å²) in [5.74, 6) is -0.244. The van der Waals surface area contributed by atoms with Gasteiger partial charge >= 0.3 is 5.97 Å². The van der Waals surface area contributed by atoms with E-state index in [0.29, 0.717) is 6.54 Å². The molecule has 19 heavy (non-hydrogen) atoms. The first-order valence-corrected chi connectivity index (χ1v) is 6.77.